The number of anilines is 1. The van der Waals surface area contributed by atoms with Gasteiger partial charge < -0.3 is 10.1 Å². The van der Waals surface area contributed by atoms with Crippen molar-refractivity contribution < 1.29 is 22.7 Å². The number of rotatable bonds is 2. The van der Waals surface area contributed by atoms with Crippen LogP contribution in [0.15, 0.2) is 18.2 Å². The average molecular weight is 316 g/mol. The van der Waals surface area contributed by atoms with Gasteiger partial charge >= 0.3 is 6.18 Å². The fourth-order valence-corrected chi connectivity index (χ4v) is 1.29. The van der Waals surface area contributed by atoms with Gasteiger partial charge in [-0.05, 0) is 30.7 Å². The molecular weight excluding hydrogens is 297 g/mol. The molecular formula is C15H19F3N2O2. The highest BCUT2D eigenvalue weighted by molar-refractivity contribution is 5.96. The molecule has 22 heavy (non-hydrogen) atoms. The second-order valence-electron chi connectivity index (χ2n) is 4.23. The number of carbonyl (C=O) groups is 1. The van der Waals surface area contributed by atoms with Gasteiger partial charge in [-0.2, -0.15) is 18.4 Å². The summed E-state index contributed by atoms with van der Waals surface area (Å²) in [5.74, 6) is -0.122. The standard InChI is InChI=1S/C11H10N2O2.C2H3F3.C2H6/c1-7-4-8(5-12)2-3-9(7)13-11(14)10-6-15-10;1-2(3,4)5;1-2/h2-4,10H,6H2,1H3,(H,13,14);1H3;1-2H3. The molecule has 122 valence electrons. The number of alkyl halides is 3. The summed E-state index contributed by atoms with van der Waals surface area (Å²) in [6.07, 6.45) is -4.29. The van der Waals surface area contributed by atoms with Gasteiger partial charge in [0.15, 0.2) is 6.10 Å². The molecule has 1 atom stereocenters. The average Bonchev–Trinajstić information content (AvgIpc) is 3.26. The van der Waals surface area contributed by atoms with E-state index in [0.717, 1.165) is 11.3 Å². The first kappa shape index (κ1) is 19.9. The van der Waals surface area contributed by atoms with Crippen molar-refractivity contribution in [2.75, 3.05) is 11.9 Å². The smallest absolute Gasteiger partial charge is 0.363 e. The summed E-state index contributed by atoms with van der Waals surface area (Å²) in [7, 11) is 0. The second-order valence-corrected chi connectivity index (χ2v) is 4.23. The van der Waals surface area contributed by atoms with Crippen LogP contribution in [-0.2, 0) is 9.53 Å². The first-order chi connectivity index (χ1) is 10.2. The van der Waals surface area contributed by atoms with Gasteiger partial charge in [-0.25, -0.2) is 0 Å². The molecule has 1 aromatic carbocycles. The van der Waals surface area contributed by atoms with E-state index in [4.69, 9.17) is 10.00 Å². The topological polar surface area (TPSA) is 65.4 Å². The summed E-state index contributed by atoms with van der Waals surface area (Å²) < 4.78 is 35.9. The minimum absolute atomic E-state index is 0.122. The molecule has 0 spiro atoms. The molecule has 7 heteroatoms. The van der Waals surface area contributed by atoms with E-state index in [1.807, 2.05) is 26.8 Å². The maximum Gasteiger partial charge on any atom is 0.386 e. The zero-order valence-corrected chi connectivity index (χ0v) is 12.9. The number of hydrogen-bond acceptors (Lipinski definition) is 3. The Morgan fingerprint density at radius 2 is 1.91 bits per heavy atom. The number of epoxide rings is 1. The van der Waals surface area contributed by atoms with E-state index in [9.17, 15) is 18.0 Å². The number of aryl methyl sites for hydroxylation is 1. The van der Waals surface area contributed by atoms with Crippen molar-refractivity contribution in [1.29, 1.82) is 5.26 Å². The molecule has 1 aromatic rings. The lowest BCUT2D eigenvalue weighted by Crippen LogP contribution is -2.18. The third-order valence-corrected chi connectivity index (χ3v) is 2.24. The van der Waals surface area contributed by atoms with Gasteiger partial charge in [-0.3, -0.25) is 4.79 Å². The number of halogens is 3. The molecule has 0 radical (unpaired) electrons. The normalized spacial score (nSPS) is 15.3. The third-order valence-electron chi connectivity index (χ3n) is 2.24. The number of hydrogen-bond donors (Lipinski definition) is 1. The molecule has 4 nitrogen and oxygen atoms in total. The molecule has 1 unspecified atom stereocenters. The van der Waals surface area contributed by atoms with Crippen molar-refractivity contribution in [2.45, 2.75) is 40.0 Å². The largest absolute Gasteiger partial charge is 0.386 e. The van der Waals surface area contributed by atoms with Crippen LogP contribution in [0, 0.1) is 18.3 Å². The Balaban J connectivity index is 0.000000540. The summed E-state index contributed by atoms with van der Waals surface area (Å²) in [6.45, 7) is 6.54. The van der Waals surface area contributed by atoms with Crippen LogP contribution in [0.3, 0.4) is 0 Å². The number of nitriles is 1. The van der Waals surface area contributed by atoms with E-state index in [1.54, 1.807) is 18.2 Å². The number of nitrogens with zero attached hydrogens (tertiary/aromatic N) is 1. The number of nitrogens with one attached hydrogen (secondary N) is 1. The lowest BCUT2D eigenvalue weighted by Gasteiger charge is -2.06. The van der Waals surface area contributed by atoms with Crippen LogP contribution in [0.25, 0.3) is 0 Å². The highest BCUT2D eigenvalue weighted by Crippen LogP contribution is 2.18. The van der Waals surface area contributed by atoms with Crippen molar-refractivity contribution in [2.24, 2.45) is 0 Å². The summed E-state index contributed by atoms with van der Waals surface area (Å²) in [5.41, 5.74) is 2.20. The maximum atomic E-state index is 11.4. The van der Waals surface area contributed by atoms with Crippen LogP contribution >= 0.6 is 0 Å². The Kier molecular flexibility index (Phi) is 8.20. The van der Waals surface area contributed by atoms with E-state index in [1.165, 1.54) is 0 Å². The molecule has 1 heterocycles. The number of benzene rings is 1. The van der Waals surface area contributed by atoms with Crippen LogP contribution in [0.1, 0.15) is 31.9 Å². The summed E-state index contributed by atoms with van der Waals surface area (Å²) in [4.78, 5) is 11.4. The van der Waals surface area contributed by atoms with Gasteiger partial charge in [0.25, 0.3) is 5.91 Å². The number of carbonyl (C=O) groups excluding carboxylic acids is 1. The Bertz CT molecular complexity index is 527. The van der Waals surface area contributed by atoms with Crippen LogP contribution in [0.2, 0.25) is 0 Å². The molecule has 1 fully saturated rings. The van der Waals surface area contributed by atoms with Gasteiger partial charge in [0.1, 0.15) is 0 Å². The summed E-state index contributed by atoms with van der Waals surface area (Å²) in [6, 6.07) is 7.19. The van der Waals surface area contributed by atoms with Crippen LogP contribution < -0.4 is 5.32 Å². The Morgan fingerprint density at radius 3 is 2.27 bits per heavy atom. The second kappa shape index (κ2) is 9.05. The molecule has 0 saturated carbocycles. The zero-order chi connectivity index (χ0) is 17.3. The fourth-order valence-electron chi connectivity index (χ4n) is 1.29. The molecule has 1 aliphatic heterocycles. The van der Waals surface area contributed by atoms with E-state index < -0.39 is 6.18 Å². The first-order valence-electron chi connectivity index (χ1n) is 6.70. The van der Waals surface area contributed by atoms with E-state index in [-0.39, 0.29) is 18.9 Å². The number of ether oxygens (including phenoxy) is 1. The highest BCUT2D eigenvalue weighted by Gasteiger charge is 2.31. The predicted molar refractivity (Wildman–Crippen MR) is 77.3 cm³/mol. The lowest BCUT2D eigenvalue weighted by molar-refractivity contribution is -0.117. The third kappa shape index (κ3) is 8.97. The fraction of sp³-hybridized carbons (Fsp3) is 0.467. The molecule has 0 aliphatic carbocycles. The van der Waals surface area contributed by atoms with Crippen molar-refractivity contribution in [1.82, 2.24) is 0 Å². The van der Waals surface area contributed by atoms with Crippen molar-refractivity contribution in [3.63, 3.8) is 0 Å². The zero-order valence-electron chi connectivity index (χ0n) is 12.9. The summed E-state index contributed by atoms with van der Waals surface area (Å²) in [5, 5.41) is 11.4. The lowest BCUT2D eigenvalue weighted by atomic mass is 10.1. The Hall–Kier alpha value is -2.07. The van der Waals surface area contributed by atoms with Crippen LogP contribution in [-0.4, -0.2) is 24.8 Å². The van der Waals surface area contributed by atoms with Gasteiger partial charge in [0, 0.05) is 12.6 Å². The quantitative estimate of drug-likeness (QED) is 0.844. The van der Waals surface area contributed by atoms with E-state index in [0.29, 0.717) is 12.2 Å². The van der Waals surface area contributed by atoms with Crippen molar-refractivity contribution in [3.8, 4) is 6.07 Å². The Morgan fingerprint density at radius 1 is 1.41 bits per heavy atom. The molecule has 1 amide bonds. The summed E-state index contributed by atoms with van der Waals surface area (Å²) >= 11 is 0. The molecule has 1 saturated heterocycles. The van der Waals surface area contributed by atoms with Gasteiger partial charge in [-0.1, -0.05) is 13.8 Å². The molecule has 0 bridgehead atoms. The SMILES string of the molecule is CC.CC(F)(F)F.Cc1cc(C#N)ccc1NC(=O)C1CO1. The minimum Gasteiger partial charge on any atom is -0.363 e. The van der Waals surface area contributed by atoms with E-state index >= 15 is 0 Å². The molecule has 1 N–H and O–H groups in total. The van der Waals surface area contributed by atoms with Crippen LogP contribution in [0.5, 0.6) is 0 Å². The number of amides is 1. The Labute approximate surface area is 127 Å². The van der Waals surface area contributed by atoms with Crippen molar-refractivity contribution >= 4 is 11.6 Å². The van der Waals surface area contributed by atoms with E-state index in [2.05, 4.69) is 5.32 Å². The van der Waals surface area contributed by atoms with Gasteiger partial charge in [-0.15, -0.1) is 0 Å². The molecule has 2 rings (SSSR count). The maximum absolute atomic E-state index is 11.4. The molecule has 1 aliphatic rings. The highest BCUT2D eigenvalue weighted by atomic mass is 19.4. The van der Waals surface area contributed by atoms with Crippen LogP contribution in [0.4, 0.5) is 18.9 Å². The predicted octanol–water partition coefficient (Wildman–Crippen LogP) is 3.80. The van der Waals surface area contributed by atoms with Gasteiger partial charge in [0.05, 0.1) is 18.2 Å². The van der Waals surface area contributed by atoms with Gasteiger partial charge in [0.2, 0.25) is 0 Å². The minimum atomic E-state index is -4.00. The monoisotopic (exact) mass is 316 g/mol. The van der Waals surface area contributed by atoms with Crippen molar-refractivity contribution in [3.05, 3.63) is 29.3 Å². The molecule has 0 aromatic heterocycles. The first-order valence-corrected chi connectivity index (χ1v) is 6.70.